The van der Waals surface area contributed by atoms with Crippen LogP contribution in [-0.2, 0) is 10.8 Å². The van der Waals surface area contributed by atoms with Gasteiger partial charge in [-0.15, -0.1) is 0 Å². The lowest BCUT2D eigenvalue weighted by atomic mass is 10.2. The van der Waals surface area contributed by atoms with Crippen LogP contribution in [0.2, 0.25) is 0 Å². The maximum atomic E-state index is 12.0. The Labute approximate surface area is 100 Å². The molecule has 1 unspecified atom stereocenters. The molecule has 0 fully saturated rings. The molecule has 0 aliphatic heterocycles. The Hall–Kier alpha value is -0.870. The van der Waals surface area contributed by atoms with E-state index in [4.69, 9.17) is 5.73 Å². The first-order chi connectivity index (χ1) is 7.50. The first kappa shape index (κ1) is 13.2. The summed E-state index contributed by atoms with van der Waals surface area (Å²) in [6, 6.07) is 5.56. The Balaban J connectivity index is 2.59. The molecule has 16 heavy (non-hydrogen) atoms. The van der Waals surface area contributed by atoms with Gasteiger partial charge in [0.1, 0.15) is 0 Å². The van der Waals surface area contributed by atoms with Gasteiger partial charge in [-0.25, -0.2) is 0 Å². The predicted molar refractivity (Wildman–Crippen MR) is 70.0 cm³/mol. The van der Waals surface area contributed by atoms with E-state index >= 15 is 0 Å². The third-order valence-corrected chi connectivity index (χ3v) is 3.99. The molecule has 1 rings (SSSR count). The molecule has 0 aliphatic carbocycles. The van der Waals surface area contributed by atoms with E-state index in [0.29, 0.717) is 5.75 Å². The first-order valence-corrected chi connectivity index (χ1v) is 6.72. The van der Waals surface area contributed by atoms with E-state index in [1.54, 1.807) is 0 Å². The van der Waals surface area contributed by atoms with E-state index in [1.807, 2.05) is 39.2 Å². The normalized spacial score (nSPS) is 13.0. The van der Waals surface area contributed by atoms with Crippen LogP contribution in [-0.4, -0.2) is 35.5 Å². The fraction of sp³-hybridized carbons (Fsp3) is 0.500. The molecule has 0 radical (unpaired) electrons. The SMILES string of the molecule is Cc1cc(N)ccc1S(=O)CCCN(C)C. The number of rotatable bonds is 5. The van der Waals surface area contributed by atoms with Crippen molar-refractivity contribution in [3.05, 3.63) is 23.8 Å². The second-order valence-corrected chi connectivity index (χ2v) is 5.77. The lowest BCUT2D eigenvalue weighted by Gasteiger charge is -2.10. The van der Waals surface area contributed by atoms with Gasteiger partial charge in [-0.05, 0) is 57.7 Å². The zero-order chi connectivity index (χ0) is 12.1. The molecule has 0 heterocycles. The monoisotopic (exact) mass is 240 g/mol. The Morgan fingerprint density at radius 1 is 1.38 bits per heavy atom. The Morgan fingerprint density at radius 2 is 2.06 bits per heavy atom. The summed E-state index contributed by atoms with van der Waals surface area (Å²) in [5.41, 5.74) is 7.41. The van der Waals surface area contributed by atoms with Crippen molar-refractivity contribution in [3.63, 3.8) is 0 Å². The first-order valence-electron chi connectivity index (χ1n) is 5.40. The van der Waals surface area contributed by atoms with Crippen LogP contribution in [0.15, 0.2) is 23.1 Å². The molecule has 0 saturated carbocycles. The number of hydrogen-bond acceptors (Lipinski definition) is 3. The molecule has 1 aromatic rings. The van der Waals surface area contributed by atoms with Crippen molar-refractivity contribution in [1.29, 1.82) is 0 Å². The molecular formula is C12H20N2OS. The molecule has 0 spiro atoms. The fourth-order valence-corrected chi connectivity index (χ4v) is 2.80. The van der Waals surface area contributed by atoms with Gasteiger partial charge >= 0.3 is 0 Å². The Kier molecular flexibility index (Phi) is 4.96. The number of hydrogen-bond donors (Lipinski definition) is 1. The average Bonchev–Trinajstić information content (AvgIpc) is 2.16. The number of nitrogens with zero attached hydrogens (tertiary/aromatic N) is 1. The van der Waals surface area contributed by atoms with E-state index in [1.165, 1.54) is 0 Å². The van der Waals surface area contributed by atoms with Gasteiger partial charge in [-0.2, -0.15) is 0 Å². The van der Waals surface area contributed by atoms with Crippen LogP contribution < -0.4 is 5.73 Å². The highest BCUT2D eigenvalue weighted by Gasteiger charge is 2.07. The molecule has 0 amide bonds. The quantitative estimate of drug-likeness (QED) is 0.796. The van der Waals surface area contributed by atoms with E-state index in [9.17, 15) is 4.21 Å². The maximum absolute atomic E-state index is 12.0. The minimum Gasteiger partial charge on any atom is -0.399 e. The van der Waals surface area contributed by atoms with Crippen molar-refractivity contribution in [2.24, 2.45) is 0 Å². The average molecular weight is 240 g/mol. The summed E-state index contributed by atoms with van der Waals surface area (Å²) in [5.74, 6) is 0.711. The lowest BCUT2D eigenvalue weighted by Crippen LogP contribution is -2.15. The molecule has 3 nitrogen and oxygen atoms in total. The Morgan fingerprint density at radius 3 is 2.62 bits per heavy atom. The van der Waals surface area contributed by atoms with E-state index in [0.717, 1.165) is 29.1 Å². The number of nitrogens with two attached hydrogens (primary N) is 1. The molecule has 0 aromatic heterocycles. The van der Waals surface area contributed by atoms with Crippen molar-refractivity contribution in [3.8, 4) is 0 Å². The standard InChI is InChI=1S/C12H20N2OS/c1-10-9-11(13)5-6-12(10)16(15)8-4-7-14(2)3/h5-6,9H,4,7-8,13H2,1-3H3. The van der Waals surface area contributed by atoms with Gasteiger partial charge in [-0.1, -0.05) is 0 Å². The van der Waals surface area contributed by atoms with E-state index in [-0.39, 0.29) is 0 Å². The van der Waals surface area contributed by atoms with Gasteiger partial charge in [0.05, 0.1) is 10.8 Å². The zero-order valence-electron chi connectivity index (χ0n) is 10.2. The van der Waals surface area contributed by atoms with Crippen LogP contribution in [0.25, 0.3) is 0 Å². The zero-order valence-corrected chi connectivity index (χ0v) is 11.0. The predicted octanol–water partition coefficient (Wildman–Crippen LogP) is 1.64. The molecule has 0 aliphatic rings. The van der Waals surface area contributed by atoms with Gasteiger partial charge in [0.2, 0.25) is 0 Å². The van der Waals surface area contributed by atoms with Crippen molar-refractivity contribution in [2.45, 2.75) is 18.2 Å². The van der Waals surface area contributed by atoms with E-state index in [2.05, 4.69) is 4.90 Å². The van der Waals surface area contributed by atoms with E-state index < -0.39 is 10.8 Å². The third-order valence-electron chi connectivity index (χ3n) is 2.38. The molecule has 2 N–H and O–H groups in total. The smallest absolute Gasteiger partial charge is 0.0532 e. The number of nitrogen functional groups attached to an aromatic ring is 1. The highest BCUT2D eigenvalue weighted by atomic mass is 32.2. The summed E-state index contributed by atoms with van der Waals surface area (Å²) < 4.78 is 12.0. The third kappa shape index (κ3) is 3.94. The van der Waals surface area contributed by atoms with Crippen LogP contribution in [0.3, 0.4) is 0 Å². The van der Waals surface area contributed by atoms with Crippen LogP contribution in [0.4, 0.5) is 5.69 Å². The number of aryl methyl sites for hydroxylation is 1. The van der Waals surface area contributed by atoms with Crippen LogP contribution >= 0.6 is 0 Å². The van der Waals surface area contributed by atoms with Crippen molar-refractivity contribution in [1.82, 2.24) is 4.90 Å². The summed E-state index contributed by atoms with van der Waals surface area (Å²) in [5, 5.41) is 0. The van der Waals surface area contributed by atoms with Gasteiger partial charge in [0.25, 0.3) is 0 Å². The molecular weight excluding hydrogens is 220 g/mol. The van der Waals surface area contributed by atoms with Gasteiger partial charge < -0.3 is 10.6 Å². The van der Waals surface area contributed by atoms with Gasteiger partial charge in [0, 0.05) is 16.3 Å². The molecule has 0 saturated heterocycles. The van der Waals surface area contributed by atoms with Crippen molar-refractivity contribution in [2.75, 3.05) is 32.1 Å². The second kappa shape index (κ2) is 6.01. The highest BCUT2D eigenvalue weighted by molar-refractivity contribution is 7.85. The van der Waals surface area contributed by atoms with Crippen molar-refractivity contribution >= 4 is 16.5 Å². The maximum Gasteiger partial charge on any atom is 0.0532 e. The Bertz CT molecular complexity index is 377. The second-order valence-electron chi connectivity index (χ2n) is 4.23. The van der Waals surface area contributed by atoms with Crippen molar-refractivity contribution < 1.29 is 4.21 Å². The highest BCUT2D eigenvalue weighted by Crippen LogP contribution is 2.16. The number of anilines is 1. The lowest BCUT2D eigenvalue weighted by molar-refractivity contribution is 0.409. The van der Waals surface area contributed by atoms with Crippen LogP contribution in [0, 0.1) is 6.92 Å². The van der Waals surface area contributed by atoms with Gasteiger partial charge in [0.15, 0.2) is 0 Å². The summed E-state index contributed by atoms with van der Waals surface area (Å²) in [7, 11) is 3.15. The van der Waals surface area contributed by atoms with Crippen LogP contribution in [0.5, 0.6) is 0 Å². The van der Waals surface area contributed by atoms with Gasteiger partial charge in [-0.3, -0.25) is 4.21 Å². The summed E-state index contributed by atoms with van der Waals surface area (Å²) in [6.45, 7) is 2.93. The molecule has 0 bridgehead atoms. The molecule has 4 heteroatoms. The number of benzene rings is 1. The molecule has 90 valence electrons. The molecule has 1 aromatic carbocycles. The fourth-order valence-electron chi connectivity index (χ4n) is 1.55. The summed E-state index contributed by atoms with van der Waals surface area (Å²) in [4.78, 5) is 3.01. The topological polar surface area (TPSA) is 46.3 Å². The summed E-state index contributed by atoms with van der Waals surface area (Å²) >= 11 is 0. The minimum absolute atomic E-state index is 0.711. The minimum atomic E-state index is -0.902. The summed E-state index contributed by atoms with van der Waals surface area (Å²) in [6.07, 6.45) is 0.948. The largest absolute Gasteiger partial charge is 0.399 e. The molecule has 1 atom stereocenters. The van der Waals surface area contributed by atoms with Crippen LogP contribution in [0.1, 0.15) is 12.0 Å².